The van der Waals surface area contributed by atoms with Gasteiger partial charge < -0.3 is 14.8 Å². The third kappa shape index (κ3) is 7.17. The van der Waals surface area contributed by atoms with E-state index in [0.29, 0.717) is 31.2 Å². The molecule has 0 spiro atoms. The van der Waals surface area contributed by atoms with Crippen LogP contribution in [-0.4, -0.2) is 38.1 Å². The highest BCUT2D eigenvalue weighted by Crippen LogP contribution is 2.29. The highest BCUT2D eigenvalue weighted by molar-refractivity contribution is 8.00. The van der Waals surface area contributed by atoms with Gasteiger partial charge in [-0.25, -0.2) is 0 Å². The van der Waals surface area contributed by atoms with Crippen molar-refractivity contribution in [3.05, 3.63) is 24.3 Å². The summed E-state index contributed by atoms with van der Waals surface area (Å²) < 4.78 is 46.1. The molecule has 0 atom stereocenters. The molecule has 7 heteroatoms. The normalized spacial score (nSPS) is 11.4. The number of halogens is 3. The molecule has 0 saturated heterocycles. The maximum Gasteiger partial charge on any atom is 0.441 e. The standard InChI is InChI=1S/C12H16F3NO2S/c1-17-10-4-2-3-5-11(10)18-8-6-16-7-9-19-12(13,14)15/h2-5,16H,6-9H2,1H3. The molecular formula is C12H16F3NO2S. The van der Waals surface area contributed by atoms with Gasteiger partial charge >= 0.3 is 5.51 Å². The van der Waals surface area contributed by atoms with Crippen LogP contribution in [0, 0.1) is 0 Å². The first-order valence-corrected chi connectivity index (χ1v) is 6.68. The molecule has 0 aliphatic rings. The van der Waals surface area contributed by atoms with Crippen LogP contribution in [0.2, 0.25) is 0 Å². The molecule has 0 bridgehead atoms. The van der Waals surface area contributed by atoms with Gasteiger partial charge in [0, 0.05) is 18.8 Å². The average molecular weight is 295 g/mol. The van der Waals surface area contributed by atoms with Crippen LogP contribution in [0.3, 0.4) is 0 Å². The molecule has 0 saturated carbocycles. The van der Waals surface area contributed by atoms with E-state index in [0.717, 1.165) is 0 Å². The van der Waals surface area contributed by atoms with Crippen molar-refractivity contribution in [2.75, 3.05) is 32.6 Å². The Kier molecular flexibility index (Phi) is 6.86. The van der Waals surface area contributed by atoms with Crippen LogP contribution >= 0.6 is 11.8 Å². The fourth-order valence-electron chi connectivity index (χ4n) is 1.34. The van der Waals surface area contributed by atoms with E-state index in [1.807, 2.05) is 12.1 Å². The summed E-state index contributed by atoms with van der Waals surface area (Å²) in [4.78, 5) is 0. The van der Waals surface area contributed by atoms with Gasteiger partial charge in [0.25, 0.3) is 0 Å². The lowest BCUT2D eigenvalue weighted by molar-refractivity contribution is -0.0327. The van der Waals surface area contributed by atoms with Crippen LogP contribution in [0.1, 0.15) is 0 Å². The molecule has 0 aliphatic heterocycles. The summed E-state index contributed by atoms with van der Waals surface area (Å²) >= 11 is -0.0293. The van der Waals surface area contributed by atoms with Crippen LogP contribution in [0.4, 0.5) is 13.2 Å². The summed E-state index contributed by atoms with van der Waals surface area (Å²) in [5, 5.41) is 2.88. The van der Waals surface area contributed by atoms with E-state index in [9.17, 15) is 13.2 Å². The Hall–Kier alpha value is -1.08. The second kappa shape index (κ2) is 8.16. The van der Waals surface area contributed by atoms with Crippen molar-refractivity contribution in [2.45, 2.75) is 5.51 Å². The Morgan fingerprint density at radius 3 is 2.47 bits per heavy atom. The fraction of sp³-hybridized carbons (Fsp3) is 0.500. The zero-order chi connectivity index (χ0) is 14.1. The van der Waals surface area contributed by atoms with Crippen LogP contribution in [0.5, 0.6) is 11.5 Å². The topological polar surface area (TPSA) is 30.5 Å². The molecule has 0 heterocycles. The van der Waals surface area contributed by atoms with Gasteiger partial charge in [0.05, 0.1) is 7.11 Å². The van der Waals surface area contributed by atoms with Gasteiger partial charge in [-0.05, 0) is 23.9 Å². The monoisotopic (exact) mass is 295 g/mol. The van der Waals surface area contributed by atoms with Crippen molar-refractivity contribution in [3.8, 4) is 11.5 Å². The summed E-state index contributed by atoms with van der Waals surface area (Å²) in [7, 11) is 1.55. The number of hydrogen-bond donors (Lipinski definition) is 1. The Labute approximate surface area is 114 Å². The first kappa shape index (κ1) is 16.0. The van der Waals surface area contributed by atoms with Gasteiger partial charge in [0.1, 0.15) is 6.61 Å². The summed E-state index contributed by atoms with van der Waals surface area (Å²) in [5.74, 6) is 1.25. The molecule has 1 N–H and O–H groups in total. The molecule has 1 rings (SSSR count). The molecule has 1 aromatic carbocycles. The molecule has 108 valence electrons. The molecule has 19 heavy (non-hydrogen) atoms. The van der Waals surface area contributed by atoms with Gasteiger partial charge in [0.2, 0.25) is 0 Å². The minimum Gasteiger partial charge on any atom is -0.493 e. The Balaban J connectivity index is 2.11. The molecule has 3 nitrogen and oxygen atoms in total. The van der Waals surface area contributed by atoms with Crippen LogP contribution < -0.4 is 14.8 Å². The van der Waals surface area contributed by atoms with Crippen molar-refractivity contribution in [1.82, 2.24) is 5.32 Å². The number of alkyl halides is 3. The summed E-state index contributed by atoms with van der Waals surface area (Å²) in [5.41, 5.74) is -4.16. The minimum absolute atomic E-state index is 0.00183. The van der Waals surface area contributed by atoms with Crippen LogP contribution in [0.15, 0.2) is 24.3 Å². The van der Waals surface area contributed by atoms with Crippen molar-refractivity contribution in [1.29, 1.82) is 0 Å². The van der Waals surface area contributed by atoms with Gasteiger partial charge in [0.15, 0.2) is 11.5 Å². The largest absolute Gasteiger partial charge is 0.493 e. The van der Waals surface area contributed by atoms with Gasteiger partial charge in [-0.15, -0.1) is 0 Å². The second-order valence-electron chi connectivity index (χ2n) is 3.54. The number of ether oxygens (including phenoxy) is 2. The average Bonchev–Trinajstić information content (AvgIpc) is 2.37. The van der Waals surface area contributed by atoms with Crippen molar-refractivity contribution >= 4 is 11.8 Å². The maximum absolute atomic E-state index is 11.8. The van der Waals surface area contributed by atoms with E-state index in [1.165, 1.54) is 0 Å². The quantitative estimate of drug-likeness (QED) is 0.747. The van der Waals surface area contributed by atoms with Crippen LogP contribution in [-0.2, 0) is 0 Å². The number of nitrogens with one attached hydrogen (secondary N) is 1. The Morgan fingerprint density at radius 1 is 1.16 bits per heavy atom. The second-order valence-corrected chi connectivity index (χ2v) is 4.70. The van der Waals surface area contributed by atoms with Crippen molar-refractivity contribution < 1.29 is 22.6 Å². The molecule has 0 fully saturated rings. The SMILES string of the molecule is COc1ccccc1OCCNCCSC(F)(F)F. The molecule has 0 aliphatic carbocycles. The lowest BCUT2D eigenvalue weighted by Gasteiger charge is -2.11. The van der Waals surface area contributed by atoms with E-state index in [4.69, 9.17) is 9.47 Å². The van der Waals surface area contributed by atoms with E-state index < -0.39 is 5.51 Å². The molecule has 0 unspecified atom stereocenters. The van der Waals surface area contributed by atoms with E-state index >= 15 is 0 Å². The zero-order valence-corrected chi connectivity index (χ0v) is 11.3. The number of benzene rings is 1. The molecule has 0 radical (unpaired) electrons. The number of thioether (sulfide) groups is 1. The number of rotatable bonds is 8. The van der Waals surface area contributed by atoms with Gasteiger partial charge in [-0.1, -0.05) is 12.1 Å². The first-order chi connectivity index (χ1) is 9.03. The van der Waals surface area contributed by atoms with Crippen molar-refractivity contribution in [3.63, 3.8) is 0 Å². The number of methoxy groups -OCH3 is 1. The lowest BCUT2D eigenvalue weighted by atomic mass is 10.3. The van der Waals surface area contributed by atoms with E-state index in [1.54, 1.807) is 19.2 Å². The first-order valence-electron chi connectivity index (χ1n) is 5.70. The number of para-hydroxylation sites is 2. The van der Waals surface area contributed by atoms with Crippen molar-refractivity contribution in [2.24, 2.45) is 0 Å². The summed E-state index contributed by atoms with van der Waals surface area (Å²) in [6.07, 6.45) is 0. The van der Waals surface area contributed by atoms with E-state index in [-0.39, 0.29) is 17.5 Å². The highest BCUT2D eigenvalue weighted by atomic mass is 32.2. The molecular weight excluding hydrogens is 279 g/mol. The molecule has 0 aromatic heterocycles. The Morgan fingerprint density at radius 2 is 1.84 bits per heavy atom. The minimum atomic E-state index is -4.16. The summed E-state index contributed by atoms with van der Waals surface area (Å²) in [6, 6.07) is 7.21. The third-order valence-corrected chi connectivity index (χ3v) is 2.89. The predicted octanol–water partition coefficient (Wildman–Crippen LogP) is 2.92. The number of hydrogen-bond acceptors (Lipinski definition) is 4. The highest BCUT2D eigenvalue weighted by Gasteiger charge is 2.27. The molecule has 0 amide bonds. The van der Waals surface area contributed by atoms with Gasteiger partial charge in [-0.2, -0.15) is 13.2 Å². The smallest absolute Gasteiger partial charge is 0.441 e. The maximum atomic E-state index is 11.8. The lowest BCUT2D eigenvalue weighted by Crippen LogP contribution is -2.24. The zero-order valence-electron chi connectivity index (χ0n) is 10.5. The fourth-order valence-corrected chi connectivity index (χ4v) is 1.81. The van der Waals surface area contributed by atoms with E-state index in [2.05, 4.69) is 5.32 Å². The van der Waals surface area contributed by atoms with Gasteiger partial charge in [-0.3, -0.25) is 0 Å². The Bertz CT molecular complexity index is 374. The predicted molar refractivity (Wildman–Crippen MR) is 69.9 cm³/mol. The summed E-state index contributed by atoms with van der Waals surface area (Å²) in [6.45, 7) is 1.15. The third-order valence-electron chi connectivity index (χ3n) is 2.15. The molecule has 1 aromatic rings. The van der Waals surface area contributed by atoms with Crippen LogP contribution in [0.25, 0.3) is 0 Å².